The molecule has 0 aromatic heterocycles. The molecule has 1 fully saturated rings. The van der Waals surface area contributed by atoms with Gasteiger partial charge < -0.3 is 10.2 Å². The van der Waals surface area contributed by atoms with E-state index in [4.69, 9.17) is 0 Å². The highest BCUT2D eigenvalue weighted by atomic mass is 16.6. The number of rotatable bonds is 4. The van der Waals surface area contributed by atoms with Gasteiger partial charge in [0.25, 0.3) is 11.6 Å². The number of hydrogen-bond donors (Lipinski definition) is 1. The SMILES string of the molecule is CCNc1c(C(=O)N2CCCCCC2)cccc1[N+](=O)[O-]. The Hall–Kier alpha value is -2.11. The van der Waals surface area contributed by atoms with Gasteiger partial charge in [0.2, 0.25) is 0 Å². The summed E-state index contributed by atoms with van der Waals surface area (Å²) in [5.74, 6) is -0.114. The van der Waals surface area contributed by atoms with E-state index in [1.165, 1.54) is 6.07 Å². The highest BCUT2D eigenvalue weighted by molar-refractivity contribution is 6.01. The fraction of sp³-hybridized carbons (Fsp3) is 0.533. The summed E-state index contributed by atoms with van der Waals surface area (Å²) < 4.78 is 0. The van der Waals surface area contributed by atoms with Crippen molar-refractivity contribution >= 4 is 17.3 Å². The van der Waals surface area contributed by atoms with Crippen LogP contribution in [0.1, 0.15) is 43.0 Å². The van der Waals surface area contributed by atoms with Crippen LogP contribution in [0, 0.1) is 10.1 Å². The monoisotopic (exact) mass is 291 g/mol. The lowest BCUT2D eigenvalue weighted by Gasteiger charge is -2.21. The molecule has 1 saturated heterocycles. The largest absolute Gasteiger partial charge is 0.379 e. The van der Waals surface area contributed by atoms with Crippen molar-refractivity contribution in [3.05, 3.63) is 33.9 Å². The summed E-state index contributed by atoms with van der Waals surface area (Å²) in [7, 11) is 0. The van der Waals surface area contributed by atoms with Gasteiger partial charge in [-0.3, -0.25) is 14.9 Å². The molecule has 0 bridgehead atoms. The van der Waals surface area contributed by atoms with Crippen LogP contribution in [0.3, 0.4) is 0 Å². The molecule has 21 heavy (non-hydrogen) atoms. The zero-order chi connectivity index (χ0) is 15.2. The van der Waals surface area contributed by atoms with E-state index in [9.17, 15) is 14.9 Å². The van der Waals surface area contributed by atoms with Crippen LogP contribution in [0.15, 0.2) is 18.2 Å². The van der Waals surface area contributed by atoms with Crippen molar-refractivity contribution in [1.82, 2.24) is 4.90 Å². The molecule has 1 aromatic rings. The molecular weight excluding hydrogens is 270 g/mol. The number of anilines is 1. The maximum Gasteiger partial charge on any atom is 0.293 e. The smallest absolute Gasteiger partial charge is 0.293 e. The van der Waals surface area contributed by atoms with Crippen molar-refractivity contribution in [1.29, 1.82) is 0 Å². The van der Waals surface area contributed by atoms with E-state index in [1.54, 1.807) is 12.1 Å². The number of benzene rings is 1. The van der Waals surface area contributed by atoms with Gasteiger partial charge in [0, 0.05) is 25.7 Å². The molecule has 1 heterocycles. The van der Waals surface area contributed by atoms with E-state index < -0.39 is 4.92 Å². The first-order valence-electron chi connectivity index (χ1n) is 7.45. The molecule has 0 atom stereocenters. The predicted molar refractivity (Wildman–Crippen MR) is 81.6 cm³/mol. The Balaban J connectivity index is 2.34. The summed E-state index contributed by atoms with van der Waals surface area (Å²) in [5, 5.41) is 14.1. The van der Waals surface area contributed by atoms with Gasteiger partial charge in [-0.05, 0) is 25.8 Å². The highest BCUT2D eigenvalue weighted by Crippen LogP contribution is 2.29. The van der Waals surface area contributed by atoms with E-state index in [0.717, 1.165) is 38.8 Å². The van der Waals surface area contributed by atoms with E-state index in [0.29, 0.717) is 17.8 Å². The lowest BCUT2D eigenvalue weighted by molar-refractivity contribution is -0.384. The summed E-state index contributed by atoms with van der Waals surface area (Å²) in [4.78, 5) is 25.2. The standard InChI is InChI=1S/C15H21N3O3/c1-2-16-14-12(8-7-9-13(14)18(20)21)15(19)17-10-5-3-4-6-11-17/h7-9,16H,2-6,10-11H2,1H3. The summed E-state index contributed by atoms with van der Waals surface area (Å²) in [6.45, 7) is 3.85. The van der Waals surface area contributed by atoms with Gasteiger partial charge in [-0.25, -0.2) is 0 Å². The van der Waals surface area contributed by atoms with Crippen molar-refractivity contribution in [2.75, 3.05) is 25.0 Å². The molecule has 114 valence electrons. The number of nitro benzene ring substituents is 1. The molecule has 0 aliphatic carbocycles. The van der Waals surface area contributed by atoms with Crippen molar-refractivity contribution in [2.45, 2.75) is 32.6 Å². The number of hydrogen-bond acceptors (Lipinski definition) is 4. The molecule has 6 heteroatoms. The van der Waals surface area contributed by atoms with Gasteiger partial charge in [0.05, 0.1) is 10.5 Å². The van der Waals surface area contributed by atoms with E-state index in [2.05, 4.69) is 5.32 Å². The molecule has 1 aliphatic heterocycles. The fourth-order valence-corrected chi connectivity index (χ4v) is 2.68. The predicted octanol–water partition coefficient (Wildman–Crippen LogP) is 3.04. The summed E-state index contributed by atoms with van der Waals surface area (Å²) in [6, 6.07) is 4.67. The minimum absolute atomic E-state index is 0.0440. The van der Waals surface area contributed by atoms with Crippen LogP contribution in [0.4, 0.5) is 11.4 Å². The molecule has 1 N–H and O–H groups in total. The minimum atomic E-state index is -0.447. The zero-order valence-corrected chi connectivity index (χ0v) is 12.3. The zero-order valence-electron chi connectivity index (χ0n) is 12.3. The van der Waals surface area contributed by atoms with Crippen LogP contribution in [-0.2, 0) is 0 Å². The summed E-state index contributed by atoms with van der Waals surface area (Å²) >= 11 is 0. The third-order valence-electron chi connectivity index (χ3n) is 3.72. The molecule has 2 rings (SSSR count). The number of carbonyl (C=O) groups excluding carboxylic acids is 1. The summed E-state index contributed by atoms with van der Waals surface area (Å²) in [6.07, 6.45) is 4.27. The van der Waals surface area contributed by atoms with Crippen LogP contribution in [0.5, 0.6) is 0 Å². The van der Waals surface area contributed by atoms with Crippen molar-refractivity contribution in [2.24, 2.45) is 0 Å². The van der Waals surface area contributed by atoms with Crippen LogP contribution >= 0.6 is 0 Å². The number of nitro groups is 1. The van der Waals surface area contributed by atoms with Gasteiger partial charge >= 0.3 is 0 Å². The Morgan fingerprint density at radius 2 is 1.95 bits per heavy atom. The van der Waals surface area contributed by atoms with Gasteiger partial charge in [-0.2, -0.15) is 0 Å². The van der Waals surface area contributed by atoms with E-state index in [-0.39, 0.29) is 11.6 Å². The average molecular weight is 291 g/mol. The topological polar surface area (TPSA) is 75.5 Å². The fourth-order valence-electron chi connectivity index (χ4n) is 2.68. The molecule has 1 amide bonds. The average Bonchev–Trinajstić information content (AvgIpc) is 2.76. The quantitative estimate of drug-likeness (QED) is 0.683. The Morgan fingerprint density at radius 1 is 1.29 bits per heavy atom. The Labute approximate surface area is 124 Å². The maximum absolute atomic E-state index is 12.7. The molecule has 0 unspecified atom stereocenters. The maximum atomic E-state index is 12.7. The van der Waals surface area contributed by atoms with Crippen molar-refractivity contribution in [3.63, 3.8) is 0 Å². The van der Waals surface area contributed by atoms with Crippen LogP contribution in [0.25, 0.3) is 0 Å². The Bertz CT molecular complexity index is 523. The normalized spacial score (nSPS) is 15.4. The molecule has 1 aliphatic rings. The lowest BCUT2D eigenvalue weighted by atomic mass is 10.1. The molecular formula is C15H21N3O3. The summed E-state index contributed by atoms with van der Waals surface area (Å²) in [5.41, 5.74) is 0.685. The minimum Gasteiger partial charge on any atom is -0.379 e. The van der Waals surface area contributed by atoms with Gasteiger partial charge in [0.1, 0.15) is 5.69 Å². The van der Waals surface area contributed by atoms with Gasteiger partial charge in [-0.15, -0.1) is 0 Å². The van der Waals surface area contributed by atoms with Gasteiger partial charge in [-0.1, -0.05) is 18.9 Å². The lowest BCUT2D eigenvalue weighted by Crippen LogP contribution is -2.32. The second-order valence-corrected chi connectivity index (χ2v) is 5.19. The van der Waals surface area contributed by atoms with Gasteiger partial charge in [0.15, 0.2) is 0 Å². The molecule has 0 radical (unpaired) electrons. The van der Waals surface area contributed by atoms with Crippen LogP contribution in [-0.4, -0.2) is 35.4 Å². The Morgan fingerprint density at radius 3 is 2.52 bits per heavy atom. The molecule has 6 nitrogen and oxygen atoms in total. The number of nitrogens with zero attached hydrogens (tertiary/aromatic N) is 2. The molecule has 1 aromatic carbocycles. The second-order valence-electron chi connectivity index (χ2n) is 5.19. The first-order chi connectivity index (χ1) is 10.1. The Kier molecular flexibility index (Phi) is 5.14. The van der Waals surface area contributed by atoms with Crippen molar-refractivity contribution in [3.8, 4) is 0 Å². The number of amides is 1. The van der Waals surface area contributed by atoms with Crippen LogP contribution in [0.2, 0.25) is 0 Å². The molecule has 0 saturated carbocycles. The number of nitrogens with one attached hydrogen (secondary N) is 1. The second kappa shape index (κ2) is 7.06. The number of para-hydroxylation sites is 1. The first-order valence-corrected chi connectivity index (χ1v) is 7.45. The third-order valence-corrected chi connectivity index (χ3v) is 3.72. The third kappa shape index (κ3) is 3.51. The number of carbonyl (C=O) groups is 1. The van der Waals surface area contributed by atoms with E-state index in [1.807, 2.05) is 11.8 Å². The first kappa shape index (κ1) is 15.3. The van der Waals surface area contributed by atoms with Crippen molar-refractivity contribution < 1.29 is 9.72 Å². The molecule has 0 spiro atoms. The van der Waals surface area contributed by atoms with Crippen LogP contribution < -0.4 is 5.32 Å². The highest BCUT2D eigenvalue weighted by Gasteiger charge is 2.25. The number of likely N-dealkylation sites (tertiary alicyclic amines) is 1. The van der Waals surface area contributed by atoms with E-state index >= 15 is 0 Å².